The van der Waals surface area contributed by atoms with Gasteiger partial charge in [0.1, 0.15) is 0 Å². The summed E-state index contributed by atoms with van der Waals surface area (Å²) in [4.78, 5) is 38.6. The van der Waals surface area contributed by atoms with Crippen LogP contribution in [0.3, 0.4) is 0 Å². The Balaban J connectivity index is 1.64. The Kier molecular flexibility index (Phi) is 5.91. The lowest BCUT2D eigenvalue weighted by atomic mass is 9.77. The molecule has 0 bridgehead atoms. The van der Waals surface area contributed by atoms with E-state index in [-0.39, 0.29) is 29.6 Å². The Morgan fingerprint density at radius 3 is 2.50 bits per heavy atom. The lowest BCUT2D eigenvalue weighted by Crippen LogP contribution is -2.46. The van der Waals surface area contributed by atoms with Gasteiger partial charge in [-0.15, -0.1) is 0 Å². The molecule has 3 rings (SSSR count). The van der Waals surface area contributed by atoms with Gasteiger partial charge in [-0.05, 0) is 30.9 Å². The standard InChI is InChI=1S/C20H27N3O3/c1-14(24)21-11-12-22-19(25)16-7-3-4-8-17(16)20(26)23-13-10-15-6-2-5-9-18(15)23/h2,5-6,9,16-17H,3-4,7-8,10-13H2,1H3,(H,21,24)(H,22,25). The quantitative estimate of drug-likeness (QED) is 0.786. The first-order chi connectivity index (χ1) is 12.6. The number of nitrogens with one attached hydrogen (secondary N) is 2. The van der Waals surface area contributed by atoms with E-state index in [9.17, 15) is 14.4 Å². The molecule has 140 valence electrons. The van der Waals surface area contributed by atoms with Crippen molar-refractivity contribution in [2.45, 2.75) is 39.0 Å². The van der Waals surface area contributed by atoms with Gasteiger partial charge in [-0.2, -0.15) is 0 Å². The predicted octanol–water partition coefficient (Wildman–Crippen LogP) is 1.63. The first kappa shape index (κ1) is 18.4. The third kappa shape index (κ3) is 4.06. The van der Waals surface area contributed by atoms with Crippen LogP contribution in [-0.2, 0) is 20.8 Å². The number of hydrogen-bond acceptors (Lipinski definition) is 3. The number of nitrogens with zero attached hydrogens (tertiary/aromatic N) is 1. The highest BCUT2D eigenvalue weighted by Gasteiger charge is 2.39. The monoisotopic (exact) mass is 357 g/mol. The number of para-hydroxylation sites is 1. The van der Waals surface area contributed by atoms with Crippen LogP contribution in [0.15, 0.2) is 24.3 Å². The maximum Gasteiger partial charge on any atom is 0.230 e. The Bertz CT molecular complexity index is 689. The largest absolute Gasteiger partial charge is 0.355 e. The summed E-state index contributed by atoms with van der Waals surface area (Å²) in [7, 11) is 0. The van der Waals surface area contributed by atoms with Gasteiger partial charge in [0.2, 0.25) is 17.7 Å². The molecule has 0 saturated heterocycles. The molecule has 1 saturated carbocycles. The molecule has 1 heterocycles. The van der Waals surface area contributed by atoms with Crippen LogP contribution in [-0.4, -0.2) is 37.4 Å². The summed E-state index contributed by atoms with van der Waals surface area (Å²) in [6, 6.07) is 8.01. The van der Waals surface area contributed by atoms with E-state index in [2.05, 4.69) is 16.7 Å². The lowest BCUT2D eigenvalue weighted by Gasteiger charge is -2.32. The number of carbonyl (C=O) groups is 3. The Labute approximate surface area is 154 Å². The van der Waals surface area contributed by atoms with E-state index < -0.39 is 0 Å². The molecule has 2 atom stereocenters. The molecule has 2 unspecified atom stereocenters. The molecule has 1 aromatic rings. The van der Waals surface area contributed by atoms with Crippen LogP contribution in [0.2, 0.25) is 0 Å². The van der Waals surface area contributed by atoms with Crippen molar-refractivity contribution in [1.29, 1.82) is 0 Å². The predicted molar refractivity (Wildman–Crippen MR) is 99.6 cm³/mol. The minimum atomic E-state index is -0.277. The van der Waals surface area contributed by atoms with Crippen molar-refractivity contribution < 1.29 is 14.4 Å². The fourth-order valence-corrected chi connectivity index (χ4v) is 4.06. The first-order valence-electron chi connectivity index (χ1n) is 9.49. The van der Waals surface area contributed by atoms with Gasteiger partial charge in [-0.25, -0.2) is 0 Å². The highest BCUT2D eigenvalue weighted by Crippen LogP contribution is 2.35. The van der Waals surface area contributed by atoms with Crippen molar-refractivity contribution >= 4 is 23.4 Å². The van der Waals surface area contributed by atoms with Crippen LogP contribution in [0.25, 0.3) is 0 Å². The molecule has 0 aromatic heterocycles. The lowest BCUT2D eigenvalue weighted by molar-refractivity contribution is -0.135. The molecule has 1 aliphatic heterocycles. The molecule has 0 radical (unpaired) electrons. The molecule has 6 nitrogen and oxygen atoms in total. The fourth-order valence-electron chi connectivity index (χ4n) is 4.06. The average molecular weight is 357 g/mol. The van der Waals surface area contributed by atoms with Gasteiger partial charge in [-0.3, -0.25) is 14.4 Å². The SMILES string of the molecule is CC(=O)NCCNC(=O)C1CCCCC1C(=O)N1CCc2ccccc21. The zero-order chi connectivity index (χ0) is 18.5. The number of rotatable bonds is 5. The summed E-state index contributed by atoms with van der Waals surface area (Å²) < 4.78 is 0. The van der Waals surface area contributed by atoms with Gasteiger partial charge >= 0.3 is 0 Å². The van der Waals surface area contributed by atoms with Crippen molar-refractivity contribution in [2.75, 3.05) is 24.5 Å². The van der Waals surface area contributed by atoms with Crippen LogP contribution in [0.4, 0.5) is 5.69 Å². The van der Waals surface area contributed by atoms with Gasteiger partial charge < -0.3 is 15.5 Å². The number of hydrogen-bond donors (Lipinski definition) is 2. The Hall–Kier alpha value is -2.37. The summed E-state index contributed by atoms with van der Waals surface area (Å²) in [6.45, 7) is 2.95. The van der Waals surface area contributed by atoms with Crippen LogP contribution in [0.1, 0.15) is 38.2 Å². The molecule has 1 aliphatic carbocycles. The number of carbonyl (C=O) groups excluding carboxylic acids is 3. The van der Waals surface area contributed by atoms with Crippen LogP contribution in [0, 0.1) is 11.8 Å². The van der Waals surface area contributed by atoms with Crippen LogP contribution >= 0.6 is 0 Å². The molecule has 26 heavy (non-hydrogen) atoms. The fraction of sp³-hybridized carbons (Fsp3) is 0.550. The summed E-state index contributed by atoms with van der Waals surface area (Å²) in [5, 5.41) is 5.54. The molecule has 0 spiro atoms. The van der Waals surface area contributed by atoms with E-state index in [0.717, 1.165) is 37.8 Å². The molecule has 6 heteroatoms. The Morgan fingerprint density at radius 2 is 1.73 bits per heavy atom. The summed E-state index contributed by atoms with van der Waals surface area (Å²) >= 11 is 0. The molecule has 2 N–H and O–H groups in total. The highest BCUT2D eigenvalue weighted by molar-refractivity contribution is 5.99. The van der Waals surface area contributed by atoms with Gasteiger partial charge in [0.05, 0.1) is 5.92 Å². The van der Waals surface area contributed by atoms with Crippen molar-refractivity contribution in [3.8, 4) is 0 Å². The summed E-state index contributed by atoms with van der Waals surface area (Å²) in [5.41, 5.74) is 2.20. The van der Waals surface area contributed by atoms with Gasteiger partial charge in [-0.1, -0.05) is 31.0 Å². The molecule has 1 fully saturated rings. The van der Waals surface area contributed by atoms with Crippen LogP contribution < -0.4 is 15.5 Å². The zero-order valence-electron chi connectivity index (χ0n) is 15.3. The topological polar surface area (TPSA) is 78.5 Å². The number of fused-ring (bicyclic) bond motifs is 1. The third-order valence-corrected chi connectivity index (χ3v) is 5.37. The zero-order valence-corrected chi connectivity index (χ0v) is 15.3. The first-order valence-corrected chi connectivity index (χ1v) is 9.49. The number of amides is 3. The van der Waals surface area contributed by atoms with E-state index in [0.29, 0.717) is 19.6 Å². The van der Waals surface area contributed by atoms with Crippen molar-refractivity contribution in [3.63, 3.8) is 0 Å². The van der Waals surface area contributed by atoms with Crippen molar-refractivity contribution in [1.82, 2.24) is 10.6 Å². The normalized spacial score (nSPS) is 21.8. The van der Waals surface area contributed by atoms with E-state index in [1.807, 2.05) is 23.1 Å². The minimum Gasteiger partial charge on any atom is -0.355 e. The molecule has 2 aliphatic rings. The van der Waals surface area contributed by atoms with E-state index >= 15 is 0 Å². The molecule has 1 aromatic carbocycles. The summed E-state index contributed by atoms with van der Waals surface area (Å²) in [6.07, 6.45) is 4.35. The third-order valence-electron chi connectivity index (χ3n) is 5.37. The van der Waals surface area contributed by atoms with E-state index in [4.69, 9.17) is 0 Å². The van der Waals surface area contributed by atoms with E-state index in [1.165, 1.54) is 12.5 Å². The van der Waals surface area contributed by atoms with Crippen LogP contribution in [0.5, 0.6) is 0 Å². The van der Waals surface area contributed by atoms with Crippen molar-refractivity contribution in [3.05, 3.63) is 29.8 Å². The van der Waals surface area contributed by atoms with Gasteiger partial charge in [0.15, 0.2) is 0 Å². The molecular formula is C20H27N3O3. The van der Waals surface area contributed by atoms with E-state index in [1.54, 1.807) is 0 Å². The number of benzene rings is 1. The maximum atomic E-state index is 13.2. The second kappa shape index (κ2) is 8.34. The van der Waals surface area contributed by atoms with Crippen molar-refractivity contribution in [2.24, 2.45) is 11.8 Å². The highest BCUT2D eigenvalue weighted by atomic mass is 16.2. The Morgan fingerprint density at radius 1 is 1.04 bits per heavy atom. The maximum absolute atomic E-state index is 13.2. The second-order valence-corrected chi connectivity index (χ2v) is 7.14. The second-order valence-electron chi connectivity index (χ2n) is 7.14. The smallest absolute Gasteiger partial charge is 0.230 e. The molecular weight excluding hydrogens is 330 g/mol. The van der Waals surface area contributed by atoms with Gasteiger partial charge in [0.25, 0.3) is 0 Å². The minimum absolute atomic E-state index is 0.0686. The number of anilines is 1. The summed E-state index contributed by atoms with van der Waals surface area (Å²) in [5.74, 6) is -0.632. The van der Waals surface area contributed by atoms with Gasteiger partial charge in [0, 0.05) is 38.2 Å². The average Bonchev–Trinajstić information content (AvgIpc) is 3.08. The molecule has 3 amide bonds.